The van der Waals surface area contributed by atoms with Gasteiger partial charge in [-0.15, -0.1) is 11.8 Å². The Morgan fingerprint density at radius 3 is 2.74 bits per heavy atom. The van der Waals surface area contributed by atoms with Crippen molar-refractivity contribution in [2.45, 2.75) is 10.8 Å². The zero-order valence-corrected chi connectivity index (χ0v) is 11.3. The minimum atomic E-state index is -1.67. The van der Waals surface area contributed by atoms with Gasteiger partial charge in [-0.1, -0.05) is 23.7 Å². The van der Waals surface area contributed by atoms with Crippen molar-refractivity contribution in [2.24, 2.45) is 0 Å². The number of pyridine rings is 1. The number of halogens is 2. The molecular formula is C12H10BClFNO2S. The Kier molecular flexibility index (Phi) is 4.82. The van der Waals surface area contributed by atoms with Crippen LogP contribution in [0.5, 0.6) is 0 Å². The topological polar surface area (TPSA) is 53.4 Å². The van der Waals surface area contributed by atoms with E-state index in [4.69, 9.17) is 21.6 Å². The first-order chi connectivity index (χ1) is 9.08. The minimum Gasteiger partial charge on any atom is -0.423 e. The molecule has 2 rings (SSSR count). The molecule has 1 aromatic carbocycles. The zero-order valence-electron chi connectivity index (χ0n) is 9.75. The lowest BCUT2D eigenvalue weighted by atomic mass is 9.80. The second-order valence-corrected chi connectivity index (χ2v) is 5.17. The molecule has 0 aliphatic carbocycles. The summed E-state index contributed by atoms with van der Waals surface area (Å²) in [5, 5.41) is 19.0. The maximum Gasteiger partial charge on any atom is 0.488 e. The van der Waals surface area contributed by atoms with Gasteiger partial charge in [0, 0.05) is 11.9 Å². The fourth-order valence-electron chi connectivity index (χ4n) is 1.46. The molecule has 0 atom stereocenters. The fraction of sp³-hybridized carbons (Fsp3) is 0.0833. The predicted octanol–water partition coefficient (Wildman–Crippen LogP) is 1.85. The number of aromatic nitrogens is 1. The van der Waals surface area contributed by atoms with Crippen LogP contribution >= 0.6 is 23.4 Å². The summed E-state index contributed by atoms with van der Waals surface area (Å²) in [4.78, 5) is 4.10. The maximum atomic E-state index is 13.7. The van der Waals surface area contributed by atoms with E-state index in [1.165, 1.54) is 23.9 Å². The highest BCUT2D eigenvalue weighted by molar-refractivity contribution is 7.98. The highest BCUT2D eigenvalue weighted by Gasteiger charge is 2.14. The van der Waals surface area contributed by atoms with E-state index < -0.39 is 12.9 Å². The van der Waals surface area contributed by atoms with Crippen molar-refractivity contribution in [3.05, 3.63) is 52.9 Å². The third-order valence-electron chi connectivity index (χ3n) is 2.46. The number of benzene rings is 1. The van der Waals surface area contributed by atoms with E-state index in [1.807, 2.05) is 0 Å². The largest absolute Gasteiger partial charge is 0.488 e. The molecule has 7 heteroatoms. The monoisotopic (exact) mass is 297 g/mol. The molecule has 0 bridgehead atoms. The van der Waals surface area contributed by atoms with Crippen molar-refractivity contribution < 1.29 is 14.4 Å². The van der Waals surface area contributed by atoms with Crippen molar-refractivity contribution in [1.29, 1.82) is 0 Å². The van der Waals surface area contributed by atoms with Crippen LogP contribution in [-0.2, 0) is 5.75 Å². The summed E-state index contributed by atoms with van der Waals surface area (Å²) in [7, 11) is -1.67. The van der Waals surface area contributed by atoms with Crippen molar-refractivity contribution in [3.8, 4) is 0 Å². The summed E-state index contributed by atoms with van der Waals surface area (Å²) in [6.45, 7) is 0. The third-order valence-corrected chi connectivity index (χ3v) is 3.94. The smallest absolute Gasteiger partial charge is 0.423 e. The Bertz CT molecular complexity index is 585. The summed E-state index contributed by atoms with van der Waals surface area (Å²) in [5.74, 6) is -0.116. The van der Waals surface area contributed by atoms with E-state index in [1.54, 1.807) is 18.3 Å². The lowest BCUT2D eigenvalue weighted by molar-refractivity contribution is 0.425. The second-order valence-electron chi connectivity index (χ2n) is 3.80. The number of rotatable bonds is 4. The van der Waals surface area contributed by atoms with Crippen molar-refractivity contribution in [2.75, 3.05) is 0 Å². The van der Waals surface area contributed by atoms with Crippen LogP contribution in [0, 0.1) is 5.82 Å². The van der Waals surface area contributed by atoms with Crippen LogP contribution < -0.4 is 5.46 Å². The molecule has 0 unspecified atom stereocenters. The van der Waals surface area contributed by atoms with Crippen LogP contribution in [0.15, 0.2) is 41.6 Å². The normalized spacial score (nSPS) is 10.5. The molecule has 98 valence electrons. The highest BCUT2D eigenvalue weighted by atomic mass is 35.5. The Balaban J connectivity index is 2.10. The van der Waals surface area contributed by atoms with Gasteiger partial charge < -0.3 is 10.0 Å². The van der Waals surface area contributed by atoms with Crippen LogP contribution in [0.4, 0.5) is 4.39 Å². The Labute approximate surface area is 119 Å². The predicted molar refractivity (Wildman–Crippen MR) is 75.0 cm³/mol. The van der Waals surface area contributed by atoms with Gasteiger partial charge in [0.2, 0.25) is 0 Å². The molecule has 3 nitrogen and oxygen atoms in total. The second kappa shape index (κ2) is 6.39. The standard InChI is InChI=1S/C12H10BClFNO2S/c14-10-2-1-5-16-12(10)19-7-8-3-4-9(13(17)18)6-11(8)15/h1-6,17-18H,7H2. The molecule has 0 spiro atoms. The van der Waals surface area contributed by atoms with Gasteiger partial charge in [0.1, 0.15) is 10.8 Å². The van der Waals surface area contributed by atoms with Gasteiger partial charge in [0.05, 0.1) is 5.02 Å². The number of thioether (sulfide) groups is 1. The average Bonchev–Trinajstić information content (AvgIpc) is 2.39. The summed E-state index contributed by atoms with van der Waals surface area (Å²) in [6, 6.07) is 7.56. The summed E-state index contributed by atoms with van der Waals surface area (Å²) < 4.78 is 13.7. The summed E-state index contributed by atoms with van der Waals surface area (Å²) >= 11 is 7.27. The Morgan fingerprint density at radius 2 is 2.11 bits per heavy atom. The average molecular weight is 298 g/mol. The van der Waals surface area contributed by atoms with E-state index in [9.17, 15) is 4.39 Å². The van der Waals surface area contributed by atoms with Gasteiger partial charge in [-0.2, -0.15) is 0 Å². The van der Waals surface area contributed by atoms with Gasteiger partial charge >= 0.3 is 7.12 Å². The molecule has 0 aliphatic heterocycles. The first kappa shape index (κ1) is 14.3. The van der Waals surface area contributed by atoms with Crippen LogP contribution in [0.25, 0.3) is 0 Å². The van der Waals surface area contributed by atoms with E-state index >= 15 is 0 Å². The van der Waals surface area contributed by atoms with E-state index in [2.05, 4.69) is 4.98 Å². The number of nitrogens with zero attached hydrogens (tertiary/aromatic N) is 1. The van der Waals surface area contributed by atoms with E-state index in [-0.39, 0.29) is 5.46 Å². The minimum absolute atomic E-state index is 0.127. The van der Waals surface area contributed by atoms with Gasteiger partial charge in [-0.05, 0) is 29.2 Å². The molecule has 0 radical (unpaired) electrons. The molecular weight excluding hydrogens is 287 g/mol. The SMILES string of the molecule is OB(O)c1ccc(CSc2ncccc2Cl)c(F)c1. The molecule has 0 fully saturated rings. The van der Waals surface area contributed by atoms with E-state index in [0.29, 0.717) is 21.4 Å². The molecule has 1 heterocycles. The quantitative estimate of drug-likeness (QED) is 0.668. The first-order valence-electron chi connectivity index (χ1n) is 5.45. The molecule has 0 amide bonds. The Morgan fingerprint density at radius 1 is 1.32 bits per heavy atom. The fourth-order valence-corrected chi connectivity index (χ4v) is 2.62. The van der Waals surface area contributed by atoms with Crippen molar-refractivity contribution in [3.63, 3.8) is 0 Å². The molecule has 1 aromatic heterocycles. The lowest BCUT2D eigenvalue weighted by Crippen LogP contribution is -2.30. The van der Waals surface area contributed by atoms with E-state index in [0.717, 1.165) is 6.07 Å². The molecule has 19 heavy (non-hydrogen) atoms. The lowest BCUT2D eigenvalue weighted by Gasteiger charge is -2.06. The number of hydrogen-bond donors (Lipinski definition) is 2. The first-order valence-corrected chi connectivity index (χ1v) is 6.82. The third kappa shape index (κ3) is 3.70. The molecule has 2 aromatic rings. The highest BCUT2D eigenvalue weighted by Crippen LogP contribution is 2.27. The molecule has 2 N–H and O–H groups in total. The molecule has 0 saturated heterocycles. The summed E-state index contributed by atoms with van der Waals surface area (Å²) in [5.41, 5.74) is 0.582. The van der Waals surface area contributed by atoms with Gasteiger partial charge in [-0.3, -0.25) is 0 Å². The van der Waals surface area contributed by atoms with Crippen LogP contribution in [0.3, 0.4) is 0 Å². The van der Waals surface area contributed by atoms with Crippen LogP contribution in [0.2, 0.25) is 5.02 Å². The Hall–Kier alpha value is -1.08. The zero-order chi connectivity index (χ0) is 13.8. The summed E-state index contributed by atoms with van der Waals surface area (Å²) in [6.07, 6.45) is 1.62. The van der Waals surface area contributed by atoms with Gasteiger partial charge in [0.25, 0.3) is 0 Å². The van der Waals surface area contributed by atoms with Crippen molar-refractivity contribution in [1.82, 2.24) is 4.98 Å². The van der Waals surface area contributed by atoms with Crippen LogP contribution in [-0.4, -0.2) is 22.2 Å². The molecule has 0 saturated carbocycles. The van der Waals surface area contributed by atoms with Gasteiger partial charge in [0.15, 0.2) is 0 Å². The van der Waals surface area contributed by atoms with Crippen LogP contribution in [0.1, 0.15) is 5.56 Å². The number of hydrogen-bond acceptors (Lipinski definition) is 4. The van der Waals surface area contributed by atoms with Crippen molar-refractivity contribution >= 4 is 35.9 Å². The van der Waals surface area contributed by atoms with Gasteiger partial charge in [-0.25, -0.2) is 9.37 Å². The molecule has 0 aliphatic rings. The maximum absolute atomic E-state index is 13.7.